The summed E-state index contributed by atoms with van der Waals surface area (Å²) in [5.41, 5.74) is 1.65. The lowest BCUT2D eigenvalue weighted by Crippen LogP contribution is -2.50. The number of nitrogens with zero attached hydrogens (tertiary/aromatic N) is 3. The molecule has 26 heavy (non-hydrogen) atoms. The quantitative estimate of drug-likeness (QED) is 0.892. The fourth-order valence-electron chi connectivity index (χ4n) is 2.97. The number of carbonyl (C=O) groups is 1. The Morgan fingerprint density at radius 2 is 1.92 bits per heavy atom. The van der Waals surface area contributed by atoms with Gasteiger partial charge in [-0.2, -0.15) is 0 Å². The van der Waals surface area contributed by atoms with Crippen LogP contribution in [0.1, 0.15) is 6.92 Å². The fraction of sp³-hybridized carbons (Fsp3) is 0.368. The molecule has 1 aromatic heterocycles. The first kappa shape index (κ1) is 17.8. The number of pyridine rings is 1. The lowest BCUT2D eigenvalue weighted by Gasteiger charge is -2.36. The third-order valence-electron chi connectivity index (χ3n) is 4.29. The molecule has 2 heterocycles. The standard InChI is InChI=1S/C19H24N4O3/c1-3-26-18-15(7-6-10-20-18)21-19(24)23-13-11-22(12-14-23)16-8-4-5-9-17(16)25-2/h4-10H,3,11-14H2,1-2H3,(H,21,24). The number of rotatable bonds is 5. The number of amides is 2. The number of methoxy groups -OCH3 is 1. The first-order valence-corrected chi connectivity index (χ1v) is 8.74. The number of hydrogen-bond acceptors (Lipinski definition) is 5. The summed E-state index contributed by atoms with van der Waals surface area (Å²) in [5.74, 6) is 1.29. The van der Waals surface area contributed by atoms with Crippen molar-refractivity contribution in [2.24, 2.45) is 0 Å². The molecule has 1 fully saturated rings. The molecule has 7 heteroatoms. The molecule has 0 bridgehead atoms. The highest BCUT2D eigenvalue weighted by Crippen LogP contribution is 2.28. The molecule has 0 saturated carbocycles. The molecule has 3 rings (SSSR count). The van der Waals surface area contributed by atoms with Crippen LogP contribution < -0.4 is 19.7 Å². The Labute approximate surface area is 153 Å². The van der Waals surface area contributed by atoms with E-state index in [4.69, 9.17) is 9.47 Å². The van der Waals surface area contributed by atoms with Gasteiger partial charge in [0.05, 0.1) is 19.4 Å². The first-order chi connectivity index (χ1) is 12.7. The molecule has 0 unspecified atom stereocenters. The van der Waals surface area contributed by atoms with Crippen LogP contribution in [0.3, 0.4) is 0 Å². The van der Waals surface area contributed by atoms with Gasteiger partial charge in [0.1, 0.15) is 11.4 Å². The number of urea groups is 1. The molecule has 1 aromatic carbocycles. The summed E-state index contributed by atoms with van der Waals surface area (Å²) in [4.78, 5) is 20.8. The Bertz CT molecular complexity index is 745. The van der Waals surface area contributed by atoms with Gasteiger partial charge in [0.2, 0.25) is 5.88 Å². The SMILES string of the molecule is CCOc1ncccc1NC(=O)N1CCN(c2ccccc2OC)CC1. The molecule has 0 atom stereocenters. The normalized spacial score (nSPS) is 14.1. The Balaban J connectivity index is 1.60. The monoisotopic (exact) mass is 356 g/mol. The van der Waals surface area contributed by atoms with E-state index in [1.807, 2.05) is 31.2 Å². The third kappa shape index (κ3) is 3.99. The van der Waals surface area contributed by atoms with Gasteiger partial charge in [0.25, 0.3) is 0 Å². The molecule has 2 aromatic rings. The maximum atomic E-state index is 12.6. The van der Waals surface area contributed by atoms with Crippen molar-refractivity contribution < 1.29 is 14.3 Å². The van der Waals surface area contributed by atoms with Crippen molar-refractivity contribution in [2.75, 3.05) is 50.1 Å². The van der Waals surface area contributed by atoms with Crippen LogP contribution in [0, 0.1) is 0 Å². The van der Waals surface area contributed by atoms with Gasteiger partial charge in [-0.15, -0.1) is 0 Å². The number of ether oxygens (including phenoxy) is 2. The van der Waals surface area contributed by atoms with Crippen molar-refractivity contribution in [1.82, 2.24) is 9.88 Å². The lowest BCUT2D eigenvalue weighted by molar-refractivity contribution is 0.208. The largest absolute Gasteiger partial charge is 0.495 e. The van der Waals surface area contributed by atoms with Crippen molar-refractivity contribution in [3.05, 3.63) is 42.6 Å². The van der Waals surface area contributed by atoms with Crippen LogP contribution in [-0.4, -0.2) is 55.8 Å². The van der Waals surface area contributed by atoms with E-state index >= 15 is 0 Å². The number of carbonyl (C=O) groups excluding carboxylic acids is 1. The maximum Gasteiger partial charge on any atom is 0.322 e. The molecule has 0 spiro atoms. The van der Waals surface area contributed by atoms with Crippen LogP contribution in [0.25, 0.3) is 0 Å². The molecule has 1 saturated heterocycles. The molecule has 1 aliphatic rings. The van der Waals surface area contributed by atoms with Crippen LogP contribution >= 0.6 is 0 Å². The topological polar surface area (TPSA) is 66.9 Å². The fourth-order valence-corrected chi connectivity index (χ4v) is 2.97. The van der Waals surface area contributed by atoms with Gasteiger partial charge < -0.3 is 24.6 Å². The Kier molecular flexibility index (Phi) is 5.78. The Morgan fingerprint density at radius 3 is 2.65 bits per heavy atom. The van der Waals surface area contributed by atoms with E-state index < -0.39 is 0 Å². The summed E-state index contributed by atoms with van der Waals surface area (Å²) in [5, 5.41) is 2.90. The zero-order valence-electron chi connectivity index (χ0n) is 15.1. The molecular weight excluding hydrogens is 332 g/mol. The van der Waals surface area contributed by atoms with Gasteiger partial charge in [-0.05, 0) is 31.2 Å². The lowest BCUT2D eigenvalue weighted by atomic mass is 10.2. The smallest absolute Gasteiger partial charge is 0.322 e. The van der Waals surface area contributed by atoms with Crippen LogP contribution in [-0.2, 0) is 0 Å². The molecule has 2 amide bonds. The molecule has 1 N–H and O–H groups in total. The van der Waals surface area contributed by atoms with Crippen LogP contribution in [0.2, 0.25) is 0 Å². The zero-order valence-corrected chi connectivity index (χ0v) is 15.1. The number of piperazine rings is 1. The summed E-state index contributed by atoms with van der Waals surface area (Å²) in [6, 6.07) is 11.4. The third-order valence-corrected chi connectivity index (χ3v) is 4.29. The van der Waals surface area contributed by atoms with Crippen molar-refractivity contribution in [2.45, 2.75) is 6.92 Å². The van der Waals surface area contributed by atoms with Crippen molar-refractivity contribution in [3.63, 3.8) is 0 Å². The van der Waals surface area contributed by atoms with E-state index in [0.717, 1.165) is 24.5 Å². The van der Waals surface area contributed by atoms with E-state index in [9.17, 15) is 4.79 Å². The van der Waals surface area contributed by atoms with Crippen molar-refractivity contribution >= 4 is 17.4 Å². The second kappa shape index (κ2) is 8.42. The Morgan fingerprint density at radius 1 is 1.15 bits per heavy atom. The van der Waals surface area contributed by atoms with Gasteiger partial charge in [0, 0.05) is 32.4 Å². The minimum Gasteiger partial charge on any atom is -0.495 e. The average Bonchev–Trinajstić information content (AvgIpc) is 2.69. The number of benzene rings is 1. The number of nitrogens with one attached hydrogen (secondary N) is 1. The predicted octanol–water partition coefficient (Wildman–Crippen LogP) is 2.84. The van der Waals surface area contributed by atoms with Crippen molar-refractivity contribution in [1.29, 1.82) is 0 Å². The minimum absolute atomic E-state index is 0.140. The van der Waals surface area contributed by atoms with E-state index in [1.54, 1.807) is 30.3 Å². The van der Waals surface area contributed by atoms with Crippen molar-refractivity contribution in [3.8, 4) is 11.6 Å². The first-order valence-electron chi connectivity index (χ1n) is 8.74. The highest BCUT2D eigenvalue weighted by Gasteiger charge is 2.23. The highest BCUT2D eigenvalue weighted by atomic mass is 16.5. The maximum absolute atomic E-state index is 12.6. The highest BCUT2D eigenvalue weighted by molar-refractivity contribution is 5.90. The summed E-state index contributed by atoms with van der Waals surface area (Å²) >= 11 is 0. The zero-order chi connectivity index (χ0) is 18.4. The van der Waals surface area contributed by atoms with Gasteiger partial charge >= 0.3 is 6.03 Å². The second-order valence-electron chi connectivity index (χ2n) is 5.87. The van der Waals surface area contributed by atoms with Gasteiger partial charge in [-0.25, -0.2) is 9.78 Å². The molecule has 1 aliphatic heterocycles. The van der Waals surface area contributed by atoms with Gasteiger partial charge in [0.15, 0.2) is 0 Å². The Hall–Kier alpha value is -2.96. The summed E-state index contributed by atoms with van der Waals surface area (Å²) in [6.45, 7) is 5.15. The second-order valence-corrected chi connectivity index (χ2v) is 5.87. The molecular formula is C19H24N4O3. The van der Waals surface area contributed by atoms with E-state index in [2.05, 4.69) is 15.2 Å². The minimum atomic E-state index is -0.140. The average molecular weight is 356 g/mol. The molecule has 138 valence electrons. The number of aromatic nitrogens is 1. The molecule has 0 radical (unpaired) electrons. The summed E-state index contributed by atoms with van der Waals surface area (Å²) < 4.78 is 10.9. The van der Waals surface area contributed by atoms with Gasteiger partial charge in [-0.3, -0.25) is 0 Å². The number of para-hydroxylation sites is 2. The predicted molar refractivity (Wildman–Crippen MR) is 101 cm³/mol. The summed E-state index contributed by atoms with van der Waals surface area (Å²) in [7, 11) is 1.67. The molecule has 0 aliphatic carbocycles. The van der Waals surface area contributed by atoms with E-state index in [-0.39, 0.29) is 6.03 Å². The number of anilines is 2. The van der Waals surface area contributed by atoms with Crippen LogP contribution in [0.4, 0.5) is 16.2 Å². The summed E-state index contributed by atoms with van der Waals surface area (Å²) in [6.07, 6.45) is 1.65. The van der Waals surface area contributed by atoms with E-state index in [1.165, 1.54) is 0 Å². The van der Waals surface area contributed by atoms with Crippen LogP contribution in [0.5, 0.6) is 11.6 Å². The molecule has 7 nitrogen and oxygen atoms in total. The van der Waals surface area contributed by atoms with Crippen LogP contribution in [0.15, 0.2) is 42.6 Å². The number of hydrogen-bond donors (Lipinski definition) is 1. The van der Waals surface area contributed by atoms with E-state index in [0.29, 0.717) is 31.3 Å². The van der Waals surface area contributed by atoms with Gasteiger partial charge in [-0.1, -0.05) is 12.1 Å².